The summed E-state index contributed by atoms with van der Waals surface area (Å²) < 4.78 is 0. The van der Waals surface area contributed by atoms with E-state index in [1.165, 1.54) is 0 Å². The van der Waals surface area contributed by atoms with Crippen LogP contribution in [0.25, 0.3) is 32.9 Å². The molecule has 5 aromatic rings. The number of benzene rings is 4. The lowest BCUT2D eigenvalue weighted by Gasteiger charge is -2.14. The highest BCUT2D eigenvalue weighted by Crippen LogP contribution is 2.41. The molecule has 2 nitrogen and oxygen atoms in total. The maximum Gasteiger partial charge on any atom is 0.0598 e. The maximum atomic E-state index is 6.35. The molecule has 2 N–H and O–H groups in total. The minimum Gasteiger partial charge on any atom is -0.355 e. The van der Waals surface area contributed by atoms with E-state index in [0.29, 0.717) is 15.1 Å². The van der Waals surface area contributed by atoms with Crippen LogP contribution >= 0.6 is 34.8 Å². The lowest BCUT2D eigenvalue weighted by molar-refractivity contribution is 1.51. The molecule has 0 saturated carbocycles. The smallest absolute Gasteiger partial charge is 0.0598 e. The first-order chi connectivity index (χ1) is 14.1. The van der Waals surface area contributed by atoms with Crippen LogP contribution in [0, 0.1) is 0 Å². The Morgan fingerprint density at radius 3 is 2.31 bits per heavy atom. The van der Waals surface area contributed by atoms with Gasteiger partial charge in [0.2, 0.25) is 0 Å². The van der Waals surface area contributed by atoms with Crippen molar-refractivity contribution in [2.45, 2.75) is 0 Å². The number of hydrogen-bond acceptors (Lipinski definition) is 1. The van der Waals surface area contributed by atoms with Crippen molar-refractivity contribution in [3.8, 4) is 11.1 Å². The van der Waals surface area contributed by atoms with Gasteiger partial charge in [0.15, 0.2) is 0 Å². The zero-order chi connectivity index (χ0) is 20.0. The van der Waals surface area contributed by atoms with Crippen molar-refractivity contribution in [2.75, 3.05) is 5.32 Å². The minimum absolute atomic E-state index is 0.519. The Morgan fingerprint density at radius 1 is 0.690 bits per heavy atom. The second-order valence-corrected chi connectivity index (χ2v) is 8.10. The van der Waals surface area contributed by atoms with Crippen LogP contribution in [0.4, 0.5) is 11.4 Å². The predicted octanol–water partition coefficient (Wildman–Crippen LogP) is 8.69. The van der Waals surface area contributed by atoms with E-state index in [4.69, 9.17) is 34.8 Å². The molecule has 1 heterocycles. The van der Waals surface area contributed by atoms with Crippen molar-refractivity contribution in [1.29, 1.82) is 0 Å². The summed E-state index contributed by atoms with van der Waals surface area (Å²) >= 11 is 18.8. The first kappa shape index (κ1) is 18.4. The molecule has 5 heteroatoms. The SMILES string of the molecule is Clc1ccc2[nH]c3c(-c4ccc(Cl)c(Cl)c4)c(Nc4ccccc4)ccc3c2c1. The van der Waals surface area contributed by atoms with Gasteiger partial charge in [0.1, 0.15) is 0 Å². The Morgan fingerprint density at radius 2 is 1.52 bits per heavy atom. The predicted molar refractivity (Wildman–Crippen MR) is 126 cm³/mol. The third-order valence-corrected chi connectivity index (χ3v) is 5.97. The summed E-state index contributed by atoms with van der Waals surface area (Å²) in [7, 11) is 0. The van der Waals surface area contributed by atoms with E-state index in [1.54, 1.807) is 0 Å². The van der Waals surface area contributed by atoms with Gasteiger partial charge in [0.05, 0.1) is 15.6 Å². The van der Waals surface area contributed by atoms with E-state index >= 15 is 0 Å². The number of halogens is 3. The van der Waals surface area contributed by atoms with Crippen LogP contribution in [0.3, 0.4) is 0 Å². The van der Waals surface area contributed by atoms with Crippen LogP contribution < -0.4 is 5.32 Å². The van der Waals surface area contributed by atoms with Gasteiger partial charge in [-0.3, -0.25) is 0 Å². The molecule has 0 unspecified atom stereocenters. The van der Waals surface area contributed by atoms with E-state index < -0.39 is 0 Å². The highest BCUT2D eigenvalue weighted by atomic mass is 35.5. The van der Waals surface area contributed by atoms with E-state index in [-0.39, 0.29) is 0 Å². The largest absolute Gasteiger partial charge is 0.355 e. The fourth-order valence-electron chi connectivity index (χ4n) is 3.67. The highest BCUT2D eigenvalue weighted by Gasteiger charge is 2.16. The van der Waals surface area contributed by atoms with Crippen LogP contribution in [0.2, 0.25) is 15.1 Å². The molecule has 0 aliphatic rings. The fourth-order valence-corrected chi connectivity index (χ4v) is 4.14. The normalized spacial score (nSPS) is 11.3. The number of H-pyrrole nitrogens is 1. The first-order valence-electron chi connectivity index (χ1n) is 9.11. The zero-order valence-electron chi connectivity index (χ0n) is 15.1. The summed E-state index contributed by atoms with van der Waals surface area (Å²) in [5.74, 6) is 0. The van der Waals surface area contributed by atoms with Crippen molar-refractivity contribution in [2.24, 2.45) is 0 Å². The number of aromatic nitrogens is 1. The lowest BCUT2D eigenvalue weighted by atomic mass is 9.99. The minimum atomic E-state index is 0.519. The van der Waals surface area contributed by atoms with Gasteiger partial charge in [0.25, 0.3) is 0 Å². The van der Waals surface area contributed by atoms with E-state index in [9.17, 15) is 0 Å². The molecular formula is C24H15Cl3N2. The number of para-hydroxylation sites is 1. The van der Waals surface area contributed by atoms with Gasteiger partial charge < -0.3 is 10.3 Å². The second-order valence-electron chi connectivity index (χ2n) is 6.85. The van der Waals surface area contributed by atoms with Crippen molar-refractivity contribution in [3.63, 3.8) is 0 Å². The van der Waals surface area contributed by atoms with Gasteiger partial charge in [-0.25, -0.2) is 0 Å². The Bertz CT molecular complexity index is 1360. The average Bonchev–Trinajstić information content (AvgIpc) is 3.08. The van der Waals surface area contributed by atoms with Gasteiger partial charge >= 0.3 is 0 Å². The summed E-state index contributed by atoms with van der Waals surface area (Å²) in [6.07, 6.45) is 0. The summed E-state index contributed by atoms with van der Waals surface area (Å²) in [5, 5.41) is 7.47. The first-order valence-corrected chi connectivity index (χ1v) is 10.2. The van der Waals surface area contributed by atoms with Crippen LogP contribution in [0.15, 0.2) is 78.9 Å². The van der Waals surface area contributed by atoms with Gasteiger partial charge in [-0.05, 0) is 54.1 Å². The molecule has 142 valence electrons. The molecule has 0 aliphatic heterocycles. The third kappa shape index (κ3) is 3.34. The lowest BCUT2D eigenvalue weighted by Crippen LogP contribution is -1.94. The van der Waals surface area contributed by atoms with Crippen LogP contribution in [-0.2, 0) is 0 Å². The van der Waals surface area contributed by atoms with Crippen LogP contribution in [0.1, 0.15) is 0 Å². The maximum absolute atomic E-state index is 6.35. The number of aromatic amines is 1. The van der Waals surface area contributed by atoms with E-state index in [2.05, 4.69) is 22.4 Å². The van der Waals surface area contributed by atoms with Crippen molar-refractivity contribution < 1.29 is 0 Å². The van der Waals surface area contributed by atoms with Gasteiger partial charge in [-0.2, -0.15) is 0 Å². The third-order valence-electron chi connectivity index (χ3n) is 5.00. The van der Waals surface area contributed by atoms with Crippen molar-refractivity contribution in [1.82, 2.24) is 4.98 Å². The quantitative estimate of drug-likeness (QED) is 0.290. The Labute approximate surface area is 183 Å². The monoisotopic (exact) mass is 436 g/mol. The zero-order valence-corrected chi connectivity index (χ0v) is 17.4. The number of hydrogen-bond donors (Lipinski definition) is 2. The van der Waals surface area contributed by atoms with Gasteiger partial charge in [-0.1, -0.05) is 65.1 Å². The number of anilines is 2. The molecule has 0 atom stereocenters. The summed E-state index contributed by atoms with van der Waals surface area (Å²) in [5.41, 5.74) is 6.02. The topological polar surface area (TPSA) is 27.8 Å². The summed E-state index contributed by atoms with van der Waals surface area (Å²) in [6.45, 7) is 0. The van der Waals surface area contributed by atoms with Crippen molar-refractivity contribution >= 4 is 68.0 Å². The number of fused-ring (bicyclic) bond motifs is 3. The molecular weight excluding hydrogens is 423 g/mol. The molecule has 0 aliphatic carbocycles. The van der Waals surface area contributed by atoms with E-state index in [0.717, 1.165) is 44.3 Å². The van der Waals surface area contributed by atoms with Gasteiger partial charge in [-0.15, -0.1) is 0 Å². The fraction of sp³-hybridized carbons (Fsp3) is 0. The highest BCUT2D eigenvalue weighted by molar-refractivity contribution is 6.42. The van der Waals surface area contributed by atoms with E-state index in [1.807, 2.05) is 66.7 Å². The summed E-state index contributed by atoms with van der Waals surface area (Å²) in [6, 6.07) is 25.8. The number of rotatable bonds is 3. The van der Waals surface area contributed by atoms with Gasteiger partial charge in [0, 0.05) is 38.3 Å². The number of nitrogens with one attached hydrogen (secondary N) is 2. The Balaban J connectivity index is 1.81. The second kappa shape index (κ2) is 7.31. The molecule has 0 spiro atoms. The van der Waals surface area contributed by atoms with Crippen molar-refractivity contribution in [3.05, 3.63) is 93.9 Å². The molecule has 0 fully saturated rings. The molecule has 0 bridgehead atoms. The molecule has 1 aromatic heterocycles. The molecule has 29 heavy (non-hydrogen) atoms. The molecule has 0 saturated heterocycles. The molecule has 5 rings (SSSR count). The van der Waals surface area contributed by atoms with Crippen LogP contribution in [-0.4, -0.2) is 4.98 Å². The molecule has 4 aromatic carbocycles. The molecule has 0 amide bonds. The molecule has 0 radical (unpaired) electrons. The summed E-state index contributed by atoms with van der Waals surface area (Å²) in [4.78, 5) is 3.56. The average molecular weight is 438 g/mol. The standard InChI is InChI=1S/C24H15Cl3N2/c25-15-7-10-21-18(13-15)17-8-11-22(28-16-4-2-1-3-5-16)23(24(17)29-21)14-6-9-19(26)20(27)12-14/h1-13,28-29H. The Kier molecular flexibility index (Phi) is 4.63. The van der Waals surface area contributed by atoms with Crippen LogP contribution in [0.5, 0.6) is 0 Å². The Hall–Kier alpha value is -2.65.